The molecule has 1 aromatic rings. The topological polar surface area (TPSA) is 63.6 Å². The molecule has 0 aliphatic heterocycles. The number of ether oxygens (including phenoxy) is 1. The number of hydrogen-bond donors (Lipinski definition) is 1. The lowest BCUT2D eigenvalue weighted by Gasteiger charge is -2.19. The van der Waals surface area contributed by atoms with Crippen LogP contribution in [0.3, 0.4) is 0 Å². The van der Waals surface area contributed by atoms with Crippen LogP contribution in [0.15, 0.2) is 30.3 Å². The SMILES string of the molecule is CCCC(C(=O)Oc1ccc(/C=C/C(=O)O)cc1)[Si](Cl)(Cl)Cl. The molecule has 22 heavy (non-hydrogen) atoms. The van der Waals surface area contributed by atoms with E-state index >= 15 is 0 Å². The largest absolute Gasteiger partial charge is 0.478 e. The Labute approximate surface area is 143 Å². The average molecular weight is 382 g/mol. The van der Waals surface area contributed by atoms with Gasteiger partial charge >= 0.3 is 17.9 Å². The average Bonchev–Trinajstić information content (AvgIpc) is 2.42. The van der Waals surface area contributed by atoms with Crippen molar-refractivity contribution in [2.24, 2.45) is 0 Å². The quantitative estimate of drug-likeness (QED) is 0.248. The van der Waals surface area contributed by atoms with Crippen molar-refractivity contribution >= 4 is 57.3 Å². The zero-order valence-electron chi connectivity index (χ0n) is 11.8. The summed E-state index contributed by atoms with van der Waals surface area (Å²) in [5.41, 5.74) is -0.0443. The first-order chi connectivity index (χ1) is 10.2. The molecule has 0 aromatic heterocycles. The summed E-state index contributed by atoms with van der Waals surface area (Å²) in [6.07, 6.45) is 3.62. The van der Waals surface area contributed by atoms with Gasteiger partial charge in [0.1, 0.15) is 5.75 Å². The fourth-order valence-corrected chi connectivity index (χ4v) is 4.43. The number of carboxylic acids is 1. The van der Waals surface area contributed by atoms with Crippen LogP contribution in [0.25, 0.3) is 6.08 Å². The number of benzene rings is 1. The predicted octanol–water partition coefficient (Wildman–Crippen LogP) is 4.52. The highest BCUT2D eigenvalue weighted by molar-refractivity contribution is 7.65. The Morgan fingerprint density at radius 3 is 2.32 bits per heavy atom. The zero-order chi connectivity index (χ0) is 16.8. The van der Waals surface area contributed by atoms with Crippen LogP contribution in [0.5, 0.6) is 5.75 Å². The fraction of sp³-hybridized carbons (Fsp3) is 0.286. The van der Waals surface area contributed by atoms with Crippen LogP contribution in [0.1, 0.15) is 25.3 Å². The van der Waals surface area contributed by atoms with Crippen LogP contribution in [0.4, 0.5) is 0 Å². The number of aliphatic carboxylic acids is 1. The molecule has 0 spiro atoms. The van der Waals surface area contributed by atoms with Crippen molar-refractivity contribution in [3.63, 3.8) is 0 Å². The normalized spacial score (nSPS) is 13.1. The summed E-state index contributed by atoms with van der Waals surface area (Å²) in [5, 5.41) is 8.55. The zero-order valence-corrected chi connectivity index (χ0v) is 15.0. The van der Waals surface area contributed by atoms with E-state index in [4.69, 9.17) is 43.1 Å². The highest BCUT2D eigenvalue weighted by atomic mass is 35.8. The van der Waals surface area contributed by atoms with Crippen molar-refractivity contribution in [1.29, 1.82) is 0 Å². The molecule has 8 heteroatoms. The van der Waals surface area contributed by atoms with Crippen molar-refractivity contribution in [1.82, 2.24) is 0 Å². The molecular formula is C14H15Cl3O4Si. The van der Waals surface area contributed by atoms with Crippen molar-refractivity contribution < 1.29 is 19.4 Å². The Morgan fingerprint density at radius 2 is 1.86 bits per heavy atom. The van der Waals surface area contributed by atoms with Gasteiger partial charge in [-0.05, 0) is 30.2 Å². The smallest absolute Gasteiger partial charge is 0.355 e. The Kier molecular flexibility index (Phi) is 7.42. The molecule has 0 saturated carbocycles. The molecule has 0 aliphatic rings. The first-order valence-electron chi connectivity index (χ1n) is 6.53. The van der Waals surface area contributed by atoms with E-state index in [9.17, 15) is 9.59 Å². The maximum atomic E-state index is 12.1. The Hall–Kier alpha value is -1.01. The molecule has 1 aromatic carbocycles. The van der Waals surface area contributed by atoms with E-state index in [1.807, 2.05) is 6.92 Å². The summed E-state index contributed by atoms with van der Waals surface area (Å²) < 4.78 is 5.24. The van der Waals surface area contributed by atoms with Crippen LogP contribution in [-0.4, -0.2) is 23.0 Å². The standard InChI is InChI=1S/C14H15Cl3O4Si/c1-2-3-12(22(15,16)17)14(20)21-11-7-4-10(5-8-11)6-9-13(18)19/h4-9,12H,2-3H2,1H3,(H,18,19)/b9-6+. The molecule has 120 valence electrons. The lowest BCUT2D eigenvalue weighted by molar-refractivity contribution is -0.134. The van der Waals surface area contributed by atoms with Crippen molar-refractivity contribution in [3.05, 3.63) is 35.9 Å². The van der Waals surface area contributed by atoms with Gasteiger partial charge in [0.2, 0.25) is 0 Å². The highest BCUT2D eigenvalue weighted by Crippen LogP contribution is 2.38. The van der Waals surface area contributed by atoms with E-state index in [0.29, 0.717) is 24.2 Å². The van der Waals surface area contributed by atoms with Gasteiger partial charge < -0.3 is 9.84 Å². The molecule has 0 amide bonds. The second-order valence-corrected chi connectivity index (χ2v) is 13.4. The minimum absolute atomic E-state index is 0.321. The summed E-state index contributed by atoms with van der Waals surface area (Å²) >= 11 is 17.8. The number of hydrogen-bond acceptors (Lipinski definition) is 3. The van der Waals surface area contributed by atoms with Crippen molar-refractivity contribution in [2.45, 2.75) is 25.3 Å². The second kappa shape index (κ2) is 8.58. The summed E-state index contributed by atoms with van der Waals surface area (Å²) in [7, 11) is 0. The minimum atomic E-state index is -3.20. The third-order valence-electron chi connectivity index (χ3n) is 2.77. The Balaban J connectivity index is 2.77. The number of halogens is 3. The predicted molar refractivity (Wildman–Crippen MR) is 90.7 cm³/mol. The first-order valence-corrected chi connectivity index (χ1v) is 11.6. The van der Waals surface area contributed by atoms with Gasteiger partial charge in [0.15, 0.2) is 0 Å². The van der Waals surface area contributed by atoms with Gasteiger partial charge in [-0.15, -0.1) is 33.2 Å². The van der Waals surface area contributed by atoms with Gasteiger partial charge in [0, 0.05) is 6.08 Å². The number of esters is 1. The van der Waals surface area contributed by atoms with Gasteiger partial charge in [0.05, 0.1) is 5.54 Å². The van der Waals surface area contributed by atoms with E-state index in [1.54, 1.807) is 24.3 Å². The number of carbonyl (C=O) groups is 2. The van der Waals surface area contributed by atoms with E-state index in [0.717, 1.165) is 6.08 Å². The van der Waals surface area contributed by atoms with Crippen molar-refractivity contribution in [2.75, 3.05) is 0 Å². The Morgan fingerprint density at radius 1 is 1.27 bits per heavy atom. The third kappa shape index (κ3) is 6.40. The summed E-state index contributed by atoms with van der Waals surface area (Å²) in [5.74, 6) is -1.27. The fourth-order valence-electron chi connectivity index (χ4n) is 1.71. The van der Waals surface area contributed by atoms with Crippen LogP contribution >= 0.6 is 33.2 Å². The minimum Gasteiger partial charge on any atom is -0.478 e. The van der Waals surface area contributed by atoms with Gasteiger partial charge in [-0.25, -0.2) is 4.79 Å². The Bertz CT molecular complexity index is 552. The molecule has 0 radical (unpaired) electrons. The van der Waals surface area contributed by atoms with Gasteiger partial charge in [-0.1, -0.05) is 25.5 Å². The highest BCUT2D eigenvalue weighted by Gasteiger charge is 2.42. The number of carboxylic acid groups (broad SMARTS) is 1. The van der Waals surface area contributed by atoms with Gasteiger partial charge in [-0.3, -0.25) is 4.79 Å². The van der Waals surface area contributed by atoms with Crippen LogP contribution in [0.2, 0.25) is 5.54 Å². The maximum Gasteiger partial charge on any atom is 0.355 e. The van der Waals surface area contributed by atoms with Crippen LogP contribution in [-0.2, 0) is 9.59 Å². The van der Waals surface area contributed by atoms with Crippen molar-refractivity contribution in [3.8, 4) is 5.75 Å². The maximum absolute atomic E-state index is 12.1. The molecular weight excluding hydrogens is 367 g/mol. The molecule has 0 bridgehead atoms. The molecule has 0 heterocycles. The van der Waals surface area contributed by atoms with Gasteiger partial charge in [-0.2, -0.15) is 0 Å². The molecule has 0 fully saturated rings. The molecule has 1 N–H and O–H groups in total. The molecule has 1 rings (SSSR count). The summed E-state index contributed by atoms with van der Waals surface area (Å²) in [6.45, 7) is 1.90. The summed E-state index contributed by atoms with van der Waals surface area (Å²) in [6, 6.07) is 3.18. The third-order valence-corrected chi connectivity index (χ3v) is 6.46. The molecule has 1 atom stereocenters. The molecule has 1 unspecified atom stereocenters. The van der Waals surface area contributed by atoms with E-state index in [-0.39, 0.29) is 0 Å². The van der Waals surface area contributed by atoms with Crippen LogP contribution < -0.4 is 4.74 Å². The van der Waals surface area contributed by atoms with Crippen LogP contribution in [0, 0.1) is 0 Å². The first kappa shape index (κ1) is 19.0. The summed E-state index contributed by atoms with van der Waals surface area (Å²) in [4.78, 5) is 22.5. The number of carbonyl (C=O) groups excluding carboxylic acids is 1. The lowest BCUT2D eigenvalue weighted by atomic mass is 10.2. The molecule has 4 nitrogen and oxygen atoms in total. The lowest BCUT2D eigenvalue weighted by Crippen LogP contribution is -2.30. The van der Waals surface area contributed by atoms with Gasteiger partial charge in [0.25, 0.3) is 0 Å². The monoisotopic (exact) mass is 380 g/mol. The molecule has 0 saturated heterocycles. The van der Waals surface area contributed by atoms with E-state index in [1.165, 1.54) is 6.08 Å². The second-order valence-electron chi connectivity index (χ2n) is 4.54. The molecule has 0 aliphatic carbocycles. The number of rotatable bonds is 7. The van der Waals surface area contributed by atoms with E-state index in [2.05, 4.69) is 0 Å². The van der Waals surface area contributed by atoms with E-state index < -0.39 is 23.5 Å².